The Bertz CT molecular complexity index is 838. The van der Waals surface area contributed by atoms with E-state index in [1.165, 1.54) is 28.4 Å². The number of hydrogen-bond acceptors (Lipinski definition) is 6. The van der Waals surface area contributed by atoms with Crippen molar-refractivity contribution in [1.29, 1.82) is 0 Å². The van der Waals surface area contributed by atoms with Crippen LogP contribution in [0.15, 0.2) is 29.0 Å². The van der Waals surface area contributed by atoms with Gasteiger partial charge in [-0.3, -0.25) is 4.79 Å². The van der Waals surface area contributed by atoms with E-state index in [4.69, 9.17) is 18.9 Å². The summed E-state index contributed by atoms with van der Waals surface area (Å²) in [5, 5.41) is 0. The molecule has 0 radical (unpaired) electrons. The van der Waals surface area contributed by atoms with Crippen LogP contribution in [0.3, 0.4) is 0 Å². The average Bonchev–Trinajstić information content (AvgIpc) is 2.90. The van der Waals surface area contributed by atoms with Crippen LogP contribution in [0, 0.1) is 5.92 Å². The molecule has 7 nitrogen and oxygen atoms in total. The molecule has 0 unspecified atom stereocenters. The largest absolute Gasteiger partial charge is 0.493 e. The molecule has 0 spiro atoms. The van der Waals surface area contributed by atoms with Crippen LogP contribution in [0.4, 0.5) is 0 Å². The van der Waals surface area contributed by atoms with Gasteiger partial charge in [-0.15, -0.1) is 0 Å². The summed E-state index contributed by atoms with van der Waals surface area (Å²) in [6.45, 7) is 6.28. The number of esters is 1. The van der Waals surface area contributed by atoms with Crippen molar-refractivity contribution in [2.24, 2.45) is 5.92 Å². The highest BCUT2D eigenvalue weighted by molar-refractivity contribution is 6.16. The van der Waals surface area contributed by atoms with E-state index in [1.807, 2.05) is 13.8 Å². The van der Waals surface area contributed by atoms with E-state index in [0.29, 0.717) is 35.1 Å². The minimum atomic E-state index is -0.553. The van der Waals surface area contributed by atoms with E-state index in [0.717, 1.165) is 0 Å². The van der Waals surface area contributed by atoms with Gasteiger partial charge in [0.05, 0.1) is 39.6 Å². The fourth-order valence-electron chi connectivity index (χ4n) is 3.21. The molecule has 28 heavy (non-hydrogen) atoms. The number of ether oxygens (including phenoxy) is 4. The molecule has 0 bridgehead atoms. The van der Waals surface area contributed by atoms with Crippen molar-refractivity contribution in [2.45, 2.75) is 20.8 Å². The molecule has 1 aliphatic heterocycles. The summed E-state index contributed by atoms with van der Waals surface area (Å²) in [5.41, 5.74) is 1.68. The second kappa shape index (κ2) is 8.82. The van der Waals surface area contributed by atoms with Gasteiger partial charge in [0, 0.05) is 17.8 Å². The minimum absolute atomic E-state index is 0.243. The van der Waals surface area contributed by atoms with Crippen molar-refractivity contribution in [3.8, 4) is 17.2 Å². The van der Waals surface area contributed by atoms with Gasteiger partial charge in [0.2, 0.25) is 5.75 Å². The van der Waals surface area contributed by atoms with Crippen molar-refractivity contribution < 1.29 is 28.5 Å². The molecule has 1 amide bonds. The van der Waals surface area contributed by atoms with E-state index in [9.17, 15) is 9.59 Å². The maximum absolute atomic E-state index is 13.1. The zero-order valence-corrected chi connectivity index (χ0v) is 17.4. The highest BCUT2D eigenvalue weighted by Gasteiger charge is 2.37. The smallest absolute Gasteiger partial charge is 0.340 e. The zero-order valence-electron chi connectivity index (χ0n) is 17.4. The molecule has 1 aliphatic rings. The lowest BCUT2D eigenvalue weighted by Gasteiger charge is -2.20. The average molecular weight is 389 g/mol. The minimum Gasteiger partial charge on any atom is -0.493 e. The molecular weight excluding hydrogens is 362 g/mol. The lowest BCUT2D eigenvalue weighted by atomic mass is 10.0. The molecule has 7 heteroatoms. The molecule has 0 saturated heterocycles. The lowest BCUT2D eigenvalue weighted by molar-refractivity contribution is -0.136. The number of methoxy groups -OCH3 is 4. The molecule has 2 rings (SSSR count). The molecule has 0 saturated carbocycles. The highest BCUT2D eigenvalue weighted by atomic mass is 16.5. The van der Waals surface area contributed by atoms with Crippen LogP contribution in [0.1, 0.15) is 26.3 Å². The molecular formula is C21H27NO6. The van der Waals surface area contributed by atoms with Crippen LogP contribution < -0.4 is 14.2 Å². The summed E-state index contributed by atoms with van der Waals surface area (Å²) in [7, 11) is 5.84. The molecule has 0 N–H and O–H groups in total. The van der Waals surface area contributed by atoms with Gasteiger partial charge in [-0.1, -0.05) is 13.8 Å². The van der Waals surface area contributed by atoms with E-state index >= 15 is 0 Å². The van der Waals surface area contributed by atoms with Gasteiger partial charge in [-0.05, 0) is 31.1 Å². The number of carbonyl (C=O) groups excluding carboxylic acids is 2. The first-order chi connectivity index (χ1) is 13.3. The quantitative estimate of drug-likeness (QED) is 0.527. The third kappa shape index (κ3) is 3.83. The Hall–Kier alpha value is -2.96. The first-order valence-electron chi connectivity index (χ1n) is 8.92. The predicted octanol–water partition coefficient (Wildman–Crippen LogP) is 3.04. The summed E-state index contributed by atoms with van der Waals surface area (Å²) in [6.07, 6.45) is 1.62. The van der Waals surface area contributed by atoms with Gasteiger partial charge in [0.15, 0.2) is 11.5 Å². The standard InChI is InChI=1S/C21H27NO6/c1-12(2)11-22-13(3)17(21(24)28-7)15(20(22)23)10-14-8-9-16(25-4)19(27-6)18(14)26-5/h8-10,12H,11H2,1-7H3/b15-10-. The molecule has 1 heterocycles. The van der Waals surface area contributed by atoms with Crippen LogP contribution in [0.2, 0.25) is 0 Å². The van der Waals surface area contributed by atoms with Crippen LogP contribution in [-0.2, 0) is 14.3 Å². The number of amides is 1. The van der Waals surface area contributed by atoms with Gasteiger partial charge < -0.3 is 23.8 Å². The fraction of sp³-hybridized carbons (Fsp3) is 0.429. The predicted molar refractivity (Wildman–Crippen MR) is 105 cm³/mol. The number of nitrogens with zero attached hydrogens (tertiary/aromatic N) is 1. The Morgan fingerprint density at radius 1 is 1.07 bits per heavy atom. The van der Waals surface area contributed by atoms with Crippen LogP contribution in [0.25, 0.3) is 6.08 Å². The van der Waals surface area contributed by atoms with Crippen LogP contribution in [0.5, 0.6) is 17.2 Å². The Balaban J connectivity index is 2.66. The molecule has 1 aromatic carbocycles. The van der Waals surface area contributed by atoms with Crippen molar-refractivity contribution in [2.75, 3.05) is 35.0 Å². The summed E-state index contributed by atoms with van der Waals surface area (Å²) >= 11 is 0. The molecule has 0 atom stereocenters. The highest BCUT2D eigenvalue weighted by Crippen LogP contribution is 2.42. The van der Waals surface area contributed by atoms with E-state index in [1.54, 1.807) is 30.0 Å². The van der Waals surface area contributed by atoms with Gasteiger partial charge in [0.25, 0.3) is 5.91 Å². The second-order valence-corrected chi connectivity index (χ2v) is 6.74. The van der Waals surface area contributed by atoms with Crippen molar-refractivity contribution >= 4 is 18.0 Å². The number of hydrogen-bond donors (Lipinski definition) is 0. The van der Waals surface area contributed by atoms with E-state index in [-0.39, 0.29) is 23.0 Å². The van der Waals surface area contributed by atoms with Crippen molar-refractivity contribution in [3.63, 3.8) is 0 Å². The number of benzene rings is 1. The topological polar surface area (TPSA) is 74.3 Å². The molecule has 0 fully saturated rings. The third-order valence-corrected chi connectivity index (χ3v) is 4.48. The second-order valence-electron chi connectivity index (χ2n) is 6.74. The van der Waals surface area contributed by atoms with E-state index in [2.05, 4.69) is 0 Å². The van der Waals surface area contributed by atoms with Crippen LogP contribution in [-0.4, -0.2) is 51.8 Å². The maximum Gasteiger partial charge on any atom is 0.340 e. The molecule has 152 valence electrons. The first kappa shape index (κ1) is 21.3. The first-order valence-corrected chi connectivity index (χ1v) is 8.92. The normalized spacial score (nSPS) is 15.5. The lowest BCUT2D eigenvalue weighted by Crippen LogP contribution is -2.28. The summed E-state index contributed by atoms with van der Waals surface area (Å²) < 4.78 is 21.1. The van der Waals surface area contributed by atoms with Gasteiger partial charge in [0.1, 0.15) is 0 Å². The van der Waals surface area contributed by atoms with E-state index < -0.39 is 5.97 Å². The Kier molecular flexibility index (Phi) is 6.72. The Morgan fingerprint density at radius 3 is 2.21 bits per heavy atom. The number of allylic oxidation sites excluding steroid dienone is 1. The van der Waals surface area contributed by atoms with Crippen molar-refractivity contribution in [3.05, 3.63) is 34.5 Å². The van der Waals surface area contributed by atoms with Crippen molar-refractivity contribution in [1.82, 2.24) is 4.90 Å². The third-order valence-electron chi connectivity index (χ3n) is 4.48. The van der Waals surface area contributed by atoms with Crippen LogP contribution >= 0.6 is 0 Å². The molecule has 1 aromatic rings. The van der Waals surface area contributed by atoms with Gasteiger partial charge >= 0.3 is 5.97 Å². The maximum atomic E-state index is 13.1. The van der Waals surface area contributed by atoms with Gasteiger partial charge in [-0.25, -0.2) is 4.79 Å². The fourth-order valence-corrected chi connectivity index (χ4v) is 3.21. The monoisotopic (exact) mass is 389 g/mol. The summed E-state index contributed by atoms with van der Waals surface area (Å²) in [5.74, 6) is 0.759. The summed E-state index contributed by atoms with van der Waals surface area (Å²) in [6, 6.07) is 3.46. The Morgan fingerprint density at radius 2 is 1.71 bits per heavy atom. The number of rotatable bonds is 7. The molecule has 0 aliphatic carbocycles. The molecule has 0 aromatic heterocycles. The Labute approximate surface area is 165 Å². The van der Waals surface area contributed by atoms with Gasteiger partial charge in [-0.2, -0.15) is 0 Å². The summed E-state index contributed by atoms with van der Waals surface area (Å²) in [4.78, 5) is 27.1. The number of carbonyl (C=O) groups is 2. The SMILES string of the molecule is COC(=O)C1=C(C)N(CC(C)C)C(=O)/C1=C\c1ccc(OC)c(OC)c1OC. The zero-order chi connectivity index (χ0) is 21.0.